The maximum Gasteiger partial charge on any atom is 0.0235 e. The Balaban J connectivity index is 1.54. The lowest BCUT2D eigenvalue weighted by Crippen LogP contribution is -2.40. The first-order valence-corrected chi connectivity index (χ1v) is 7.05. The summed E-state index contributed by atoms with van der Waals surface area (Å²) in [6.45, 7) is 5.14. The maximum absolute atomic E-state index is 3.69. The van der Waals surface area contributed by atoms with E-state index in [9.17, 15) is 0 Å². The highest BCUT2D eigenvalue weighted by Gasteiger charge is 2.34. The summed E-state index contributed by atoms with van der Waals surface area (Å²) in [5.41, 5.74) is 1.71. The topological polar surface area (TPSA) is 15.3 Å². The first kappa shape index (κ1) is 10.8. The van der Waals surface area contributed by atoms with Gasteiger partial charge in [0.25, 0.3) is 0 Å². The molecule has 2 atom stereocenters. The second-order valence-corrected chi connectivity index (χ2v) is 5.77. The van der Waals surface area contributed by atoms with E-state index in [0.29, 0.717) is 0 Å². The van der Waals surface area contributed by atoms with Crippen molar-refractivity contribution < 1.29 is 0 Å². The van der Waals surface area contributed by atoms with Gasteiger partial charge in [-0.1, -0.05) is 11.6 Å². The lowest BCUT2D eigenvalue weighted by Gasteiger charge is -2.24. The average Bonchev–Trinajstić information content (AvgIpc) is 2.72. The summed E-state index contributed by atoms with van der Waals surface area (Å²) in [4.78, 5) is 2.69. The number of rotatable bonds is 2. The smallest absolute Gasteiger partial charge is 0.0235 e. The Morgan fingerprint density at radius 1 is 1.25 bits per heavy atom. The molecule has 2 heterocycles. The number of nitrogens with zero attached hydrogens (tertiary/aromatic N) is 1. The van der Waals surface area contributed by atoms with Gasteiger partial charge in [-0.15, -0.1) is 0 Å². The number of allylic oxidation sites excluding steroid dienone is 1. The third-order valence-corrected chi connectivity index (χ3v) is 4.49. The first-order chi connectivity index (χ1) is 7.92. The monoisotopic (exact) mass is 220 g/mol. The predicted octanol–water partition coefficient (Wildman–Crippen LogP) is 2.17. The summed E-state index contributed by atoms with van der Waals surface area (Å²) < 4.78 is 0. The highest BCUT2D eigenvalue weighted by Crippen LogP contribution is 2.27. The van der Waals surface area contributed by atoms with E-state index in [1.165, 1.54) is 64.7 Å². The maximum atomic E-state index is 3.69. The Hall–Kier alpha value is -0.340. The average molecular weight is 220 g/mol. The van der Waals surface area contributed by atoms with Crippen LogP contribution in [0, 0.1) is 5.92 Å². The minimum atomic E-state index is 0.804. The molecule has 0 saturated carbocycles. The Morgan fingerprint density at radius 3 is 3.06 bits per heavy atom. The minimum Gasteiger partial charge on any atom is -0.312 e. The van der Waals surface area contributed by atoms with E-state index in [4.69, 9.17) is 0 Å². The highest BCUT2D eigenvalue weighted by molar-refractivity contribution is 5.08. The Morgan fingerprint density at radius 2 is 2.25 bits per heavy atom. The standard InChI is InChI=1S/C14H24N2/c1-2-5-12(6-3-1)9-16-10-13-7-4-8-15-14(13)11-16/h5,13-15H,1-4,6-11H2. The van der Waals surface area contributed by atoms with Crippen molar-refractivity contribution in [2.24, 2.45) is 5.92 Å². The molecule has 90 valence electrons. The molecule has 2 aliphatic heterocycles. The zero-order chi connectivity index (χ0) is 10.8. The van der Waals surface area contributed by atoms with Crippen LogP contribution in [-0.2, 0) is 0 Å². The molecule has 2 saturated heterocycles. The van der Waals surface area contributed by atoms with Crippen LogP contribution in [0.15, 0.2) is 11.6 Å². The van der Waals surface area contributed by atoms with E-state index < -0.39 is 0 Å². The van der Waals surface area contributed by atoms with Gasteiger partial charge in [0.1, 0.15) is 0 Å². The zero-order valence-electron chi connectivity index (χ0n) is 10.3. The van der Waals surface area contributed by atoms with Gasteiger partial charge in [-0.25, -0.2) is 0 Å². The SMILES string of the molecule is C1=C(CN2CC3CCCNC3C2)CCCC1. The van der Waals surface area contributed by atoms with Crippen molar-refractivity contribution in [3.8, 4) is 0 Å². The summed E-state index contributed by atoms with van der Waals surface area (Å²) in [5.74, 6) is 0.943. The van der Waals surface area contributed by atoms with Crippen LogP contribution in [-0.4, -0.2) is 37.1 Å². The van der Waals surface area contributed by atoms with E-state index in [1.807, 2.05) is 0 Å². The van der Waals surface area contributed by atoms with Crippen molar-refractivity contribution in [3.63, 3.8) is 0 Å². The molecule has 3 rings (SSSR count). The minimum absolute atomic E-state index is 0.804. The second-order valence-electron chi connectivity index (χ2n) is 5.77. The number of fused-ring (bicyclic) bond motifs is 1. The zero-order valence-corrected chi connectivity index (χ0v) is 10.3. The fourth-order valence-electron chi connectivity index (χ4n) is 3.60. The van der Waals surface area contributed by atoms with Gasteiger partial charge in [0.2, 0.25) is 0 Å². The summed E-state index contributed by atoms with van der Waals surface area (Å²) in [6, 6.07) is 0.804. The van der Waals surface area contributed by atoms with E-state index in [-0.39, 0.29) is 0 Å². The van der Waals surface area contributed by atoms with E-state index in [2.05, 4.69) is 16.3 Å². The van der Waals surface area contributed by atoms with Gasteiger partial charge in [0, 0.05) is 25.7 Å². The molecule has 0 aromatic rings. The molecule has 0 aromatic carbocycles. The molecular weight excluding hydrogens is 196 g/mol. The summed E-state index contributed by atoms with van der Waals surface area (Å²) >= 11 is 0. The molecular formula is C14H24N2. The molecule has 0 bridgehead atoms. The van der Waals surface area contributed by atoms with Gasteiger partial charge in [-0.05, 0) is 51.0 Å². The van der Waals surface area contributed by atoms with Crippen molar-refractivity contribution >= 4 is 0 Å². The Bertz CT molecular complexity index is 258. The van der Waals surface area contributed by atoms with Crippen molar-refractivity contribution in [1.29, 1.82) is 0 Å². The van der Waals surface area contributed by atoms with Crippen molar-refractivity contribution in [2.45, 2.75) is 44.6 Å². The van der Waals surface area contributed by atoms with Crippen molar-refractivity contribution in [1.82, 2.24) is 10.2 Å². The van der Waals surface area contributed by atoms with Crippen LogP contribution in [0.25, 0.3) is 0 Å². The molecule has 2 nitrogen and oxygen atoms in total. The number of piperidine rings is 1. The van der Waals surface area contributed by atoms with Gasteiger partial charge in [0.05, 0.1) is 0 Å². The molecule has 0 amide bonds. The van der Waals surface area contributed by atoms with Gasteiger partial charge >= 0.3 is 0 Å². The summed E-state index contributed by atoms with van der Waals surface area (Å²) in [7, 11) is 0. The first-order valence-electron chi connectivity index (χ1n) is 7.05. The third kappa shape index (κ3) is 2.33. The molecule has 0 radical (unpaired) electrons. The van der Waals surface area contributed by atoms with Gasteiger partial charge in [-0.2, -0.15) is 0 Å². The van der Waals surface area contributed by atoms with E-state index in [0.717, 1.165) is 12.0 Å². The fourth-order valence-corrected chi connectivity index (χ4v) is 3.60. The van der Waals surface area contributed by atoms with Gasteiger partial charge < -0.3 is 5.32 Å². The number of likely N-dealkylation sites (tertiary alicyclic amines) is 1. The lowest BCUT2D eigenvalue weighted by atomic mass is 9.94. The molecule has 2 unspecified atom stereocenters. The second kappa shape index (κ2) is 4.89. The Kier molecular flexibility index (Phi) is 3.30. The molecule has 1 aliphatic carbocycles. The van der Waals surface area contributed by atoms with Crippen LogP contribution in [0.1, 0.15) is 38.5 Å². The van der Waals surface area contributed by atoms with Crippen LogP contribution in [0.3, 0.4) is 0 Å². The van der Waals surface area contributed by atoms with Crippen LogP contribution >= 0.6 is 0 Å². The van der Waals surface area contributed by atoms with Gasteiger partial charge in [0.15, 0.2) is 0 Å². The molecule has 2 heteroatoms. The molecule has 0 spiro atoms. The van der Waals surface area contributed by atoms with Crippen LogP contribution in [0.2, 0.25) is 0 Å². The van der Waals surface area contributed by atoms with E-state index >= 15 is 0 Å². The quantitative estimate of drug-likeness (QED) is 0.718. The summed E-state index contributed by atoms with van der Waals surface area (Å²) in [6.07, 6.45) is 10.9. The molecule has 0 aromatic heterocycles. The lowest BCUT2D eigenvalue weighted by molar-refractivity contribution is 0.332. The van der Waals surface area contributed by atoms with Crippen LogP contribution < -0.4 is 5.32 Å². The van der Waals surface area contributed by atoms with Crippen LogP contribution in [0.5, 0.6) is 0 Å². The Labute approximate surface area is 99.1 Å². The molecule has 3 aliphatic rings. The third-order valence-electron chi connectivity index (χ3n) is 4.49. The number of hydrogen-bond donors (Lipinski definition) is 1. The molecule has 16 heavy (non-hydrogen) atoms. The molecule has 2 fully saturated rings. The predicted molar refractivity (Wildman–Crippen MR) is 67.5 cm³/mol. The summed E-state index contributed by atoms with van der Waals surface area (Å²) in [5, 5.41) is 3.69. The van der Waals surface area contributed by atoms with Gasteiger partial charge in [-0.3, -0.25) is 4.90 Å². The fraction of sp³-hybridized carbons (Fsp3) is 0.857. The van der Waals surface area contributed by atoms with E-state index in [1.54, 1.807) is 5.57 Å². The highest BCUT2D eigenvalue weighted by atomic mass is 15.2. The normalized spacial score (nSPS) is 35.9. The largest absolute Gasteiger partial charge is 0.312 e. The molecule has 1 N–H and O–H groups in total. The number of nitrogens with one attached hydrogen (secondary N) is 1. The number of hydrogen-bond acceptors (Lipinski definition) is 2. The van der Waals surface area contributed by atoms with Crippen molar-refractivity contribution in [3.05, 3.63) is 11.6 Å². The van der Waals surface area contributed by atoms with Crippen molar-refractivity contribution in [2.75, 3.05) is 26.2 Å². The van der Waals surface area contributed by atoms with Crippen LogP contribution in [0.4, 0.5) is 0 Å².